The number of carbonyl (C=O) groups excluding carboxylic acids is 1. The summed E-state index contributed by atoms with van der Waals surface area (Å²) in [6.45, 7) is 10.0. The summed E-state index contributed by atoms with van der Waals surface area (Å²) in [4.78, 5) is 11.5. The third kappa shape index (κ3) is 1.42. The van der Waals surface area contributed by atoms with Gasteiger partial charge in [-0.1, -0.05) is 27.7 Å². The molecule has 2 bridgehead atoms. The highest BCUT2D eigenvalue weighted by molar-refractivity contribution is 5.79. The molecule has 0 N–H and O–H groups in total. The normalized spacial score (nSPS) is 45.4. The van der Waals surface area contributed by atoms with Gasteiger partial charge in [-0.15, -0.1) is 0 Å². The van der Waals surface area contributed by atoms with Gasteiger partial charge in [0, 0.05) is 12.8 Å². The molecule has 1 heteroatoms. The van der Waals surface area contributed by atoms with E-state index in [1.54, 1.807) is 0 Å². The van der Waals surface area contributed by atoms with Crippen LogP contribution in [0.1, 0.15) is 72.6 Å². The maximum atomic E-state index is 11.5. The van der Waals surface area contributed by atoms with E-state index in [-0.39, 0.29) is 0 Å². The first-order chi connectivity index (χ1) is 8.30. The fourth-order valence-electron chi connectivity index (χ4n) is 5.71. The molecule has 1 nitrogen and oxygen atoms in total. The van der Waals surface area contributed by atoms with Gasteiger partial charge in [-0.2, -0.15) is 0 Å². The van der Waals surface area contributed by atoms with Crippen molar-refractivity contribution in [2.45, 2.75) is 72.6 Å². The van der Waals surface area contributed by atoms with Crippen molar-refractivity contribution in [1.29, 1.82) is 0 Å². The van der Waals surface area contributed by atoms with Crippen LogP contribution in [-0.4, -0.2) is 5.78 Å². The minimum atomic E-state index is 0.440. The van der Waals surface area contributed by atoms with Gasteiger partial charge in [0.2, 0.25) is 0 Å². The Morgan fingerprint density at radius 1 is 1.00 bits per heavy atom. The van der Waals surface area contributed by atoms with Crippen molar-refractivity contribution in [2.24, 2.45) is 28.1 Å². The highest BCUT2D eigenvalue weighted by Gasteiger charge is 2.64. The zero-order valence-corrected chi connectivity index (χ0v) is 12.5. The summed E-state index contributed by atoms with van der Waals surface area (Å²) < 4.78 is 0. The van der Waals surface area contributed by atoms with Gasteiger partial charge in [0.05, 0.1) is 0 Å². The summed E-state index contributed by atoms with van der Waals surface area (Å²) in [5.74, 6) is 2.29. The Kier molecular flexibility index (Phi) is 2.55. The molecule has 102 valence electrons. The number of fused-ring (bicyclic) bond motifs is 2. The van der Waals surface area contributed by atoms with Gasteiger partial charge in [0.15, 0.2) is 0 Å². The lowest BCUT2D eigenvalue weighted by Crippen LogP contribution is -2.42. The van der Waals surface area contributed by atoms with Gasteiger partial charge >= 0.3 is 0 Å². The Hall–Kier alpha value is -0.330. The number of rotatable bonds is 1. The van der Waals surface area contributed by atoms with Crippen LogP contribution in [0.25, 0.3) is 0 Å². The Balaban J connectivity index is 1.89. The molecule has 3 aliphatic rings. The van der Waals surface area contributed by atoms with E-state index >= 15 is 0 Å². The molecule has 3 fully saturated rings. The number of hydrogen-bond acceptors (Lipinski definition) is 1. The van der Waals surface area contributed by atoms with Gasteiger partial charge in [0.25, 0.3) is 0 Å². The van der Waals surface area contributed by atoms with Crippen LogP contribution in [-0.2, 0) is 4.79 Å². The summed E-state index contributed by atoms with van der Waals surface area (Å²) in [5, 5.41) is 0. The number of hydrogen-bond donors (Lipinski definition) is 0. The highest BCUT2D eigenvalue weighted by atomic mass is 16.1. The van der Waals surface area contributed by atoms with E-state index in [2.05, 4.69) is 27.7 Å². The van der Waals surface area contributed by atoms with Crippen molar-refractivity contribution in [3.63, 3.8) is 0 Å². The van der Waals surface area contributed by atoms with Gasteiger partial charge < -0.3 is 0 Å². The summed E-state index contributed by atoms with van der Waals surface area (Å²) in [6.07, 6.45) is 8.26. The predicted octanol–water partition coefficient (Wildman–Crippen LogP) is 4.60. The van der Waals surface area contributed by atoms with Crippen molar-refractivity contribution in [2.75, 3.05) is 0 Å². The van der Waals surface area contributed by atoms with Crippen LogP contribution in [0.3, 0.4) is 0 Å². The monoisotopic (exact) mass is 248 g/mol. The van der Waals surface area contributed by atoms with Crippen LogP contribution >= 0.6 is 0 Å². The fraction of sp³-hybridized carbons (Fsp3) is 0.941. The Morgan fingerprint density at radius 3 is 2.06 bits per heavy atom. The second-order valence-corrected chi connectivity index (χ2v) is 8.36. The van der Waals surface area contributed by atoms with E-state index in [4.69, 9.17) is 0 Å². The quantitative estimate of drug-likeness (QED) is 0.663. The van der Waals surface area contributed by atoms with Gasteiger partial charge in [-0.3, -0.25) is 4.79 Å². The molecule has 3 atom stereocenters. The maximum Gasteiger partial charge on any atom is 0.132 e. The molecule has 18 heavy (non-hydrogen) atoms. The first-order valence-electron chi connectivity index (χ1n) is 7.81. The van der Waals surface area contributed by atoms with E-state index in [1.807, 2.05) is 0 Å². The lowest BCUT2D eigenvalue weighted by molar-refractivity contribution is -0.124. The molecule has 0 unspecified atom stereocenters. The SMILES string of the molecule is CC1([C@H]2C[C@@H]3CC[C@@]2(C)C3(C)C)CCC(=O)CC1. The third-order valence-electron chi connectivity index (χ3n) is 7.59. The summed E-state index contributed by atoms with van der Waals surface area (Å²) in [5.41, 5.74) is 1.48. The maximum absolute atomic E-state index is 11.5. The van der Waals surface area contributed by atoms with Crippen molar-refractivity contribution in [3.8, 4) is 0 Å². The Labute approximate surface area is 112 Å². The van der Waals surface area contributed by atoms with Crippen LogP contribution in [0.15, 0.2) is 0 Å². The summed E-state index contributed by atoms with van der Waals surface area (Å²) >= 11 is 0. The topological polar surface area (TPSA) is 17.1 Å². The van der Waals surface area contributed by atoms with Crippen molar-refractivity contribution >= 4 is 5.78 Å². The zero-order chi connectivity index (χ0) is 13.2. The molecule has 0 saturated heterocycles. The molecule has 0 aromatic rings. The smallest absolute Gasteiger partial charge is 0.132 e. The first kappa shape index (κ1) is 12.7. The first-order valence-corrected chi connectivity index (χ1v) is 7.81. The Morgan fingerprint density at radius 2 is 1.61 bits per heavy atom. The van der Waals surface area contributed by atoms with E-state index in [0.29, 0.717) is 22.0 Å². The van der Waals surface area contributed by atoms with Crippen LogP contribution < -0.4 is 0 Å². The lowest BCUT2D eigenvalue weighted by Gasteiger charge is -2.49. The van der Waals surface area contributed by atoms with Gasteiger partial charge in [-0.05, 0) is 60.2 Å². The molecule has 3 saturated carbocycles. The third-order valence-corrected chi connectivity index (χ3v) is 7.59. The standard InChI is InChI=1S/C17H28O/c1-15(2)12-5-10-17(15,4)14(11-12)16(3)8-6-13(18)7-9-16/h12,14H,5-11H2,1-4H3/t12-,14+,17+/m0/s1. The average Bonchev–Trinajstić information content (AvgIpc) is 2.65. The largest absolute Gasteiger partial charge is 0.300 e. The molecule has 0 aliphatic heterocycles. The van der Waals surface area contributed by atoms with E-state index in [9.17, 15) is 4.79 Å². The number of carbonyl (C=O) groups is 1. The molecule has 0 heterocycles. The van der Waals surface area contributed by atoms with E-state index < -0.39 is 0 Å². The summed E-state index contributed by atoms with van der Waals surface area (Å²) in [7, 11) is 0. The lowest BCUT2D eigenvalue weighted by atomic mass is 9.55. The zero-order valence-electron chi connectivity index (χ0n) is 12.5. The van der Waals surface area contributed by atoms with E-state index in [1.165, 1.54) is 19.3 Å². The van der Waals surface area contributed by atoms with Crippen molar-refractivity contribution in [3.05, 3.63) is 0 Å². The Bertz CT molecular complexity index is 371. The van der Waals surface area contributed by atoms with E-state index in [0.717, 1.165) is 37.5 Å². The number of Topliss-reactive ketones (excluding diaryl/α,β-unsaturated/α-hetero) is 1. The molecule has 0 amide bonds. The predicted molar refractivity (Wildman–Crippen MR) is 74.3 cm³/mol. The average molecular weight is 248 g/mol. The minimum absolute atomic E-state index is 0.440. The molecular weight excluding hydrogens is 220 g/mol. The van der Waals surface area contributed by atoms with Crippen LogP contribution in [0.2, 0.25) is 0 Å². The molecule has 0 aromatic carbocycles. The highest BCUT2D eigenvalue weighted by Crippen LogP contribution is 2.72. The molecule has 0 radical (unpaired) electrons. The number of ketones is 1. The molecule has 3 aliphatic carbocycles. The second-order valence-electron chi connectivity index (χ2n) is 8.36. The molecule has 3 rings (SSSR count). The second kappa shape index (κ2) is 3.61. The van der Waals surface area contributed by atoms with Gasteiger partial charge in [0.1, 0.15) is 5.78 Å². The van der Waals surface area contributed by atoms with Crippen molar-refractivity contribution < 1.29 is 4.79 Å². The van der Waals surface area contributed by atoms with Crippen LogP contribution in [0, 0.1) is 28.1 Å². The molecule has 0 aromatic heterocycles. The molecular formula is C17H28O. The molecule has 0 spiro atoms. The summed E-state index contributed by atoms with van der Waals surface area (Å²) in [6, 6.07) is 0. The fourth-order valence-corrected chi connectivity index (χ4v) is 5.71. The van der Waals surface area contributed by atoms with Gasteiger partial charge in [-0.25, -0.2) is 0 Å². The van der Waals surface area contributed by atoms with Crippen molar-refractivity contribution in [1.82, 2.24) is 0 Å². The van der Waals surface area contributed by atoms with Crippen LogP contribution in [0.5, 0.6) is 0 Å². The minimum Gasteiger partial charge on any atom is -0.300 e. The van der Waals surface area contributed by atoms with Crippen LogP contribution in [0.4, 0.5) is 0 Å².